The summed E-state index contributed by atoms with van der Waals surface area (Å²) in [5.41, 5.74) is 0.734. The van der Waals surface area contributed by atoms with Crippen molar-refractivity contribution in [3.8, 4) is 11.5 Å². The second-order valence-electron chi connectivity index (χ2n) is 5.97. The van der Waals surface area contributed by atoms with Gasteiger partial charge in [0, 0.05) is 17.9 Å². The molecule has 1 aliphatic heterocycles. The standard InChI is InChI=1S/C17H24N2O5/c1-4-5-8-18-11-14(19(21)22)13(10-17(18)20)12-6-7-15(23-2)16(9-12)24-3/h6-7,9,13-14H,4-5,8,10-11H2,1-3H3/t13-,14+/m0/s1. The minimum absolute atomic E-state index is 0.0265. The van der Waals surface area contributed by atoms with Gasteiger partial charge < -0.3 is 14.4 Å². The predicted octanol–water partition coefficient (Wildman–Crippen LogP) is 2.47. The van der Waals surface area contributed by atoms with Crippen LogP contribution in [0, 0.1) is 10.1 Å². The second-order valence-corrected chi connectivity index (χ2v) is 5.97. The minimum atomic E-state index is -0.808. The molecule has 1 aliphatic rings. The van der Waals surface area contributed by atoms with Gasteiger partial charge in [0.05, 0.1) is 26.7 Å². The Morgan fingerprint density at radius 2 is 2.00 bits per heavy atom. The Bertz CT molecular complexity index is 605. The van der Waals surface area contributed by atoms with Gasteiger partial charge in [0.25, 0.3) is 0 Å². The largest absolute Gasteiger partial charge is 0.493 e. The van der Waals surface area contributed by atoms with Crippen LogP contribution in [-0.2, 0) is 4.79 Å². The van der Waals surface area contributed by atoms with Gasteiger partial charge in [-0.05, 0) is 24.1 Å². The number of carbonyl (C=O) groups is 1. The predicted molar refractivity (Wildman–Crippen MR) is 89.2 cm³/mol. The smallest absolute Gasteiger partial charge is 0.237 e. The Morgan fingerprint density at radius 1 is 1.29 bits per heavy atom. The molecule has 0 bridgehead atoms. The number of hydrogen-bond acceptors (Lipinski definition) is 5. The highest BCUT2D eigenvalue weighted by Gasteiger charge is 2.42. The fraction of sp³-hybridized carbons (Fsp3) is 0.588. The Kier molecular flexibility index (Phi) is 6.00. The van der Waals surface area contributed by atoms with Gasteiger partial charge in [0.15, 0.2) is 11.5 Å². The van der Waals surface area contributed by atoms with Gasteiger partial charge in [-0.2, -0.15) is 0 Å². The summed E-state index contributed by atoms with van der Waals surface area (Å²) in [5.74, 6) is 0.593. The monoisotopic (exact) mass is 336 g/mol. The molecule has 7 nitrogen and oxygen atoms in total. The number of hydrogen-bond donors (Lipinski definition) is 0. The number of unbranched alkanes of at least 4 members (excludes halogenated alkanes) is 1. The van der Waals surface area contributed by atoms with Crippen molar-refractivity contribution < 1.29 is 19.2 Å². The first-order valence-corrected chi connectivity index (χ1v) is 8.15. The lowest BCUT2D eigenvalue weighted by atomic mass is 9.85. The van der Waals surface area contributed by atoms with Crippen LogP contribution in [0.2, 0.25) is 0 Å². The van der Waals surface area contributed by atoms with E-state index in [2.05, 4.69) is 0 Å². The highest BCUT2D eigenvalue weighted by molar-refractivity contribution is 5.78. The molecule has 132 valence electrons. The molecule has 24 heavy (non-hydrogen) atoms. The second kappa shape index (κ2) is 7.99. The summed E-state index contributed by atoms with van der Waals surface area (Å²) in [5, 5.41) is 11.6. The highest BCUT2D eigenvalue weighted by atomic mass is 16.6. The third-order valence-electron chi connectivity index (χ3n) is 4.51. The highest BCUT2D eigenvalue weighted by Crippen LogP contribution is 2.36. The van der Waals surface area contributed by atoms with E-state index in [1.54, 1.807) is 23.1 Å². The molecular weight excluding hydrogens is 312 g/mol. The van der Waals surface area contributed by atoms with Crippen molar-refractivity contribution in [2.45, 2.75) is 38.1 Å². The fourth-order valence-electron chi connectivity index (χ4n) is 3.11. The van der Waals surface area contributed by atoms with Crippen LogP contribution >= 0.6 is 0 Å². The lowest BCUT2D eigenvalue weighted by Crippen LogP contribution is -2.49. The number of ether oxygens (including phenoxy) is 2. The first kappa shape index (κ1) is 18.0. The maximum atomic E-state index is 12.4. The van der Waals surface area contributed by atoms with Gasteiger partial charge in [-0.1, -0.05) is 19.4 Å². The van der Waals surface area contributed by atoms with Gasteiger partial charge in [0.1, 0.15) is 0 Å². The molecule has 0 N–H and O–H groups in total. The summed E-state index contributed by atoms with van der Waals surface area (Å²) < 4.78 is 10.5. The van der Waals surface area contributed by atoms with E-state index in [4.69, 9.17) is 9.47 Å². The summed E-state index contributed by atoms with van der Waals surface area (Å²) in [6.45, 7) is 2.77. The zero-order valence-electron chi connectivity index (χ0n) is 14.4. The Hall–Kier alpha value is -2.31. The molecule has 7 heteroatoms. The van der Waals surface area contributed by atoms with Gasteiger partial charge in [-0.15, -0.1) is 0 Å². The van der Waals surface area contributed by atoms with E-state index in [0.717, 1.165) is 18.4 Å². The average Bonchev–Trinajstić information content (AvgIpc) is 2.59. The molecule has 0 radical (unpaired) electrons. The van der Waals surface area contributed by atoms with Crippen LogP contribution in [0.25, 0.3) is 0 Å². The van der Waals surface area contributed by atoms with Gasteiger partial charge >= 0.3 is 0 Å². The van der Waals surface area contributed by atoms with Crippen LogP contribution in [0.5, 0.6) is 11.5 Å². The Balaban J connectivity index is 2.28. The minimum Gasteiger partial charge on any atom is -0.493 e. The van der Waals surface area contributed by atoms with Crippen molar-refractivity contribution in [1.29, 1.82) is 0 Å². The number of rotatable bonds is 7. The molecular formula is C17H24N2O5. The van der Waals surface area contributed by atoms with E-state index in [-0.39, 0.29) is 23.8 Å². The first-order chi connectivity index (χ1) is 11.5. The maximum absolute atomic E-state index is 12.4. The molecule has 1 aromatic rings. The van der Waals surface area contributed by atoms with E-state index in [9.17, 15) is 14.9 Å². The molecule has 0 spiro atoms. The molecule has 0 aromatic heterocycles. The van der Waals surface area contributed by atoms with Crippen molar-refractivity contribution in [3.63, 3.8) is 0 Å². The molecule has 0 saturated carbocycles. The molecule has 2 rings (SSSR count). The van der Waals surface area contributed by atoms with Crippen molar-refractivity contribution in [2.24, 2.45) is 0 Å². The summed E-state index contributed by atoms with van der Waals surface area (Å²) >= 11 is 0. The summed E-state index contributed by atoms with van der Waals surface area (Å²) in [4.78, 5) is 25.3. The van der Waals surface area contributed by atoms with Crippen molar-refractivity contribution >= 4 is 5.91 Å². The van der Waals surface area contributed by atoms with Gasteiger partial charge in [0.2, 0.25) is 11.9 Å². The molecule has 1 fully saturated rings. The van der Waals surface area contributed by atoms with Crippen molar-refractivity contribution in [3.05, 3.63) is 33.9 Å². The topological polar surface area (TPSA) is 81.9 Å². The quantitative estimate of drug-likeness (QED) is 0.564. The van der Waals surface area contributed by atoms with Crippen LogP contribution in [0.15, 0.2) is 18.2 Å². The first-order valence-electron chi connectivity index (χ1n) is 8.15. The summed E-state index contributed by atoms with van der Waals surface area (Å²) in [7, 11) is 3.05. The number of piperidine rings is 1. The Labute approximate surface area is 141 Å². The normalized spacial score (nSPS) is 20.8. The van der Waals surface area contributed by atoms with Gasteiger partial charge in [-0.25, -0.2) is 0 Å². The number of nitrogens with zero attached hydrogens (tertiary/aromatic N) is 2. The molecule has 1 aromatic carbocycles. The number of likely N-dealkylation sites (tertiary alicyclic amines) is 1. The zero-order chi connectivity index (χ0) is 17.7. The summed E-state index contributed by atoms with van der Waals surface area (Å²) in [6, 6.07) is 4.42. The van der Waals surface area contributed by atoms with Crippen molar-refractivity contribution in [1.82, 2.24) is 4.90 Å². The van der Waals surface area contributed by atoms with Crippen LogP contribution in [-0.4, -0.2) is 49.1 Å². The number of nitro groups is 1. The van der Waals surface area contributed by atoms with Crippen LogP contribution in [0.3, 0.4) is 0 Å². The number of carbonyl (C=O) groups excluding carboxylic acids is 1. The number of benzene rings is 1. The lowest BCUT2D eigenvalue weighted by Gasteiger charge is -2.34. The molecule has 1 amide bonds. The van der Waals surface area contributed by atoms with Crippen LogP contribution < -0.4 is 9.47 Å². The average molecular weight is 336 g/mol. The molecule has 1 heterocycles. The van der Waals surface area contributed by atoms with E-state index >= 15 is 0 Å². The maximum Gasteiger partial charge on any atom is 0.237 e. The SMILES string of the molecule is CCCCN1C[C@@H]([N+](=O)[O-])[C@H](c2ccc(OC)c(OC)c2)CC1=O. The van der Waals surface area contributed by atoms with E-state index < -0.39 is 12.0 Å². The number of amides is 1. The summed E-state index contributed by atoms with van der Waals surface area (Å²) in [6.07, 6.45) is 1.95. The molecule has 0 aliphatic carbocycles. The Morgan fingerprint density at radius 3 is 2.58 bits per heavy atom. The van der Waals surface area contributed by atoms with E-state index in [0.29, 0.717) is 18.0 Å². The van der Waals surface area contributed by atoms with Crippen LogP contribution in [0.1, 0.15) is 37.7 Å². The third-order valence-corrected chi connectivity index (χ3v) is 4.51. The zero-order valence-corrected chi connectivity index (χ0v) is 14.4. The number of methoxy groups -OCH3 is 2. The van der Waals surface area contributed by atoms with Crippen LogP contribution in [0.4, 0.5) is 0 Å². The van der Waals surface area contributed by atoms with Crippen molar-refractivity contribution in [2.75, 3.05) is 27.3 Å². The van der Waals surface area contributed by atoms with Gasteiger partial charge in [-0.3, -0.25) is 14.9 Å². The molecule has 2 atom stereocenters. The fourth-order valence-corrected chi connectivity index (χ4v) is 3.11. The molecule has 1 saturated heterocycles. The van der Waals surface area contributed by atoms with E-state index in [1.165, 1.54) is 14.2 Å². The van der Waals surface area contributed by atoms with E-state index in [1.807, 2.05) is 6.92 Å². The molecule has 0 unspecified atom stereocenters. The lowest BCUT2D eigenvalue weighted by molar-refractivity contribution is -0.528. The third kappa shape index (κ3) is 3.77.